The molecule has 0 radical (unpaired) electrons. The molecule has 0 aromatic carbocycles. The van der Waals surface area contributed by atoms with Crippen molar-refractivity contribution in [1.82, 2.24) is 15.1 Å². The van der Waals surface area contributed by atoms with E-state index >= 15 is 0 Å². The van der Waals surface area contributed by atoms with Crippen molar-refractivity contribution in [3.05, 3.63) is 29.8 Å². The number of piperidine rings is 1. The number of pyridine rings is 1. The van der Waals surface area contributed by atoms with E-state index in [0.717, 1.165) is 37.6 Å². The average Bonchev–Trinajstić information content (AvgIpc) is 3.05. The first kappa shape index (κ1) is 14.3. The minimum atomic E-state index is 0.302. The Morgan fingerprint density at radius 3 is 2.64 bits per heavy atom. The standard InChI is InChI=1S/C15H18N6O/c1-20(2)15-18-14(22-19-15)12-5-7-21(8-6-12)13-4-3-11(9-16)10-17-13/h3-4,10,12H,5-8H2,1-2H3. The number of rotatable bonds is 3. The van der Waals surface area contributed by atoms with Gasteiger partial charge in [-0.1, -0.05) is 0 Å². The first-order valence-electron chi connectivity index (χ1n) is 7.29. The molecule has 0 bridgehead atoms. The van der Waals surface area contributed by atoms with Crippen LogP contribution in [0.4, 0.5) is 11.8 Å². The van der Waals surface area contributed by atoms with Crippen molar-refractivity contribution < 1.29 is 4.52 Å². The van der Waals surface area contributed by atoms with Crippen LogP contribution in [-0.4, -0.2) is 42.3 Å². The van der Waals surface area contributed by atoms with Gasteiger partial charge < -0.3 is 14.3 Å². The van der Waals surface area contributed by atoms with E-state index < -0.39 is 0 Å². The second-order valence-electron chi connectivity index (χ2n) is 5.61. The van der Waals surface area contributed by atoms with Crippen LogP contribution in [0.25, 0.3) is 0 Å². The summed E-state index contributed by atoms with van der Waals surface area (Å²) in [5.74, 6) is 2.55. The monoisotopic (exact) mass is 298 g/mol. The summed E-state index contributed by atoms with van der Waals surface area (Å²) in [6.45, 7) is 1.78. The summed E-state index contributed by atoms with van der Waals surface area (Å²) in [6.07, 6.45) is 3.52. The van der Waals surface area contributed by atoms with E-state index in [1.54, 1.807) is 12.3 Å². The number of nitriles is 1. The van der Waals surface area contributed by atoms with E-state index in [0.29, 0.717) is 17.4 Å². The Labute approximate surface area is 129 Å². The van der Waals surface area contributed by atoms with Crippen LogP contribution in [0.15, 0.2) is 22.9 Å². The minimum Gasteiger partial charge on any atom is -0.357 e. The number of nitrogens with zero attached hydrogens (tertiary/aromatic N) is 6. The highest BCUT2D eigenvalue weighted by Crippen LogP contribution is 2.29. The maximum absolute atomic E-state index is 8.81. The molecule has 0 saturated carbocycles. The Morgan fingerprint density at radius 1 is 1.32 bits per heavy atom. The van der Waals surface area contributed by atoms with Crippen molar-refractivity contribution in [3.63, 3.8) is 0 Å². The molecule has 0 aliphatic carbocycles. The van der Waals surface area contributed by atoms with Crippen molar-refractivity contribution >= 4 is 11.8 Å². The second kappa shape index (κ2) is 6.02. The largest absolute Gasteiger partial charge is 0.357 e. The molecule has 1 saturated heterocycles. The summed E-state index contributed by atoms with van der Waals surface area (Å²) >= 11 is 0. The normalized spacial score (nSPS) is 15.6. The zero-order valence-corrected chi connectivity index (χ0v) is 12.7. The molecule has 1 aliphatic rings. The predicted octanol–water partition coefficient (Wildman–Crippen LogP) is 1.79. The van der Waals surface area contributed by atoms with Gasteiger partial charge in [-0.15, -0.1) is 0 Å². The quantitative estimate of drug-likeness (QED) is 0.854. The van der Waals surface area contributed by atoms with Crippen molar-refractivity contribution in [3.8, 4) is 6.07 Å². The Morgan fingerprint density at radius 2 is 2.09 bits per heavy atom. The molecule has 114 valence electrons. The summed E-state index contributed by atoms with van der Waals surface area (Å²) in [7, 11) is 3.79. The summed E-state index contributed by atoms with van der Waals surface area (Å²) in [5, 5.41) is 12.8. The van der Waals surface area contributed by atoms with Gasteiger partial charge in [-0.3, -0.25) is 0 Å². The van der Waals surface area contributed by atoms with Gasteiger partial charge in [-0.2, -0.15) is 10.2 Å². The summed E-state index contributed by atoms with van der Waals surface area (Å²) < 4.78 is 5.36. The van der Waals surface area contributed by atoms with Gasteiger partial charge in [0.05, 0.1) is 5.56 Å². The van der Waals surface area contributed by atoms with E-state index in [1.807, 2.05) is 25.1 Å². The molecule has 0 spiro atoms. The van der Waals surface area contributed by atoms with Crippen molar-refractivity contribution in [2.75, 3.05) is 37.0 Å². The number of anilines is 2. The molecule has 0 amide bonds. The van der Waals surface area contributed by atoms with E-state index in [-0.39, 0.29) is 0 Å². The molecule has 0 N–H and O–H groups in total. The van der Waals surface area contributed by atoms with Crippen LogP contribution in [0.1, 0.15) is 30.2 Å². The smallest absolute Gasteiger partial charge is 0.265 e. The van der Waals surface area contributed by atoms with Crippen molar-refractivity contribution in [2.24, 2.45) is 0 Å². The number of aromatic nitrogens is 3. The maximum Gasteiger partial charge on any atom is 0.265 e. The first-order valence-corrected chi connectivity index (χ1v) is 7.29. The van der Waals surface area contributed by atoms with Crippen LogP contribution in [0, 0.1) is 11.3 Å². The Balaban J connectivity index is 1.63. The second-order valence-corrected chi connectivity index (χ2v) is 5.61. The van der Waals surface area contributed by atoms with Crippen molar-refractivity contribution in [1.29, 1.82) is 5.26 Å². The molecule has 1 fully saturated rings. The van der Waals surface area contributed by atoms with Gasteiger partial charge in [0, 0.05) is 39.3 Å². The molecule has 7 heteroatoms. The van der Waals surface area contributed by atoms with E-state index in [4.69, 9.17) is 9.78 Å². The van der Waals surface area contributed by atoms with Gasteiger partial charge >= 0.3 is 0 Å². The first-order chi connectivity index (χ1) is 10.7. The Hall–Kier alpha value is -2.62. The predicted molar refractivity (Wildman–Crippen MR) is 81.8 cm³/mol. The van der Waals surface area contributed by atoms with Crippen LogP contribution >= 0.6 is 0 Å². The fraction of sp³-hybridized carbons (Fsp3) is 0.467. The van der Waals surface area contributed by atoms with Gasteiger partial charge in [0.15, 0.2) is 0 Å². The molecular formula is C15H18N6O. The maximum atomic E-state index is 8.81. The third-order valence-corrected chi connectivity index (χ3v) is 3.88. The molecule has 0 atom stereocenters. The summed E-state index contributed by atoms with van der Waals surface area (Å²) in [6, 6.07) is 5.78. The van der Waals surface area contributed by atoms with Crippen molar-refractivity contribution in [2.45, 2.75) is 18.8 Å². The lowest BCUT2D eigenvalue weighted by Crippen LogP contribution is -2.33. The lowest BCUT2D eigenvalue weighted by Gasteiger charge is -2.31. The van der Waals surface area contributed by atoms with Crippen LogP contribution in [-0.2, 0) is 0 Å². The Kier molecular flexibility index (Phi) is 3.92. The fourth-order valence-corrected chi connectivity index (χ4v) is 2.57. The number of hydrogen-bond donors (Lipinski definition) is 0. The summed E-state index contributed by atoms with van der Waals surface area (Å²) in [5.41, 5.74) is 0.584. The van der Waals surface area contributed by atoms with E-state index in [1.165, 1.54) is 0 Å². The molecule has 22 heavy (non-hydrogen) atoms. The topological polar surface area (TPSA) is 82.1 Å². The van der Waals surface area contributed by atoms with Crippen LogP contribution < -0.4 is 9.80 Å². The third-order valence-electron chi connectivity index (χ3n) is 3.88. The van der Waals surface area contributed by atoms with E-state index in [9.17, 15) is 0 Å². The molecule has 0 unspecified atom stereocenters. The van der Waals surface area contributed by atoms with Gasteiger partial charge in [-0.05, 0) is 30.1 Å². The van der Waals surface area contributed by atoms with Crippen LogP contribution in [0.2, 0.25) is 0 Å². The third kappa shape index (κ3) is 2.86. The zero-order valence-electron chi connectivity index (χ0n) is 12.7. The molecule has 7 nitrogen and oxygen atoms in total. The highest BCUT2D eigenvalue weighted by atomic mass is 16.5. The molecule has 3 heterocycles. The van der Waals surface area contributed by atoms with Crippen LogP contribution in [0.3, 0.4) is 0 Å². The molecular weight excluding hydrogens is 280 g/mol. The van der Waals surface area contributed by atoms with Gasteiger partial charge in [0.25, 0.3) is 5.95 Å². The zero-order chi connectivity index (χ0) is 15.5. The lowest BCUT2D eigenvalue weighted by molar-refractivity contribution is 0.329. The fourth-order valence-electron chi connectivity index (χ4n) is 2.57. The van der Waals surface area contributed by atoms with E-state index in [2.05, 4.69) is 26.1 Å². The summed E-state index contributed by atoms with van der Waals surface area (Å²) in [4.78, 5) is 12.8. The van der Waals surface area contributed by atoms with Gasteiger partial charge in [-0.25, -0.2) is 4.98 Å². The lowest BCUT2D eigenvalue weighted by atomic mass is 9.97. The molecule has 2 aromatic heterocycles. The highest BCUT2D eigenvalue weighted by Gasteiger charge is 2.26. The average molecular weight is 298 g/mol. The van der Waals surface area contributed by atoms with Gasteiger partial charge in [0.2, 0.25) is 5.89 Å². The molecule has 2 aromatic rings. The van der Waals surface area contributed by atoms with Crippen LogP contribution in [0.5, 0.6) is 0 Å². The Bertz CT molecular complexity index is 664. The minimum absolute atomic E-state index is 0.302. The highest BCUT2D eigenvalue weighted by molar-refractivity contribution is 5.42. The van der Waals surface area contributed by atoms with Gasteiger partial charge in [0.1, 0.15) is 11.9 Å². The molecule has 1 aliphatic heterocycles. The number of hydrogen-bond acceptors (Lipinski definition) is 7. The SMILES string of the molecule is CN(C)c1noc(C2CCN(c3ccc(C#N)cn3)CC2)n1. The molecule has 3 rings (SSSR count).